The summed E-state index contributed by atoms with van der Waals surface area (Å²) in [6, 6.07) is 9.50. The molecule has 0 bridgehead atoms. The smallest absolute Gasteiger partial charge is 0.142 e. The lowest BCUT2D eigenvalue weighted by Crippen LogP contribution is -2.10. The van der Waals surface area contributed by atoms with E-state index in [0.29, 0.717) is 10.0 Å². The van der Waals surface area contributed by atoms with E-state index in [9.17, 15) is 8.78 Å². The van der Waals surface area contributed by atoms with Gasteiger partial charge in [0.25, 0.3) is 0 Å². The molecule has 1 saturated heterocycles. The molecule has 0 aliphatic carbocycles. The number of nitrogens with one attached hydrogen (secondary N) is 1. The number of rotatable bonds is 2. The van der Waals surface area contributed by atoms with Gasteiger partial charge in [-0.15, -0.1) is 0 Å². The quantitative estimate of drug-likeness (QED) is 0.755. The van der Waals surface area contributed by atoms with E-state index in [-0.39, 0.29) is 16.9 Å². The molecule has 5 heteroatoms. The number of halogens is 4. The SMILES string of the molecule is C[C@]1(c2ccc(Br)cc2F)N[C@@H]1c1ccc(Cl)c(F)c1. The highest BCUT2D eigenvalue weighted by molar-refractivity contribution is 9.10. The first-order chi connectivity index (χ1) is 9.41. The van der Waals surface area contributed by atoms with E-state index in [1.54, 1.807) is 18.2 Å². The van der Waals surface area contributed by atoms with Gasteiger partial charge in [0, 0.05) is 10.0 Å². The van der Waals surface area contributed by atoms with Crippen molar-refractivity contribution < 1.29 is 8.78 Å². The zero-order valence-electron chi connectivity index (χ0n) is 10.6. The number of benzene rings is 2. The van der Waals surface area contributed by atoms with Gasteiger partial charge in [-0.25, -0.2) is 8.78 Å². The Bertz CT molecular complexity index is 692. The molecule has 2 aromatic rings. The average molecular weight is 359 g/mol. The fraction of sp³-hybridized carbons (Fsp3) is 0.200. The van der Waals surface area contributed by atoms with E-state index in [0.717, 1.165) is 5.56 Å². The van der Waals surface area contributed by atoms with Crippen molar-refractivity contribution in [2.24, 2.45) is 0 Å². The van der Waals surface area contributed by atoms with E-state index >= 15 is 0 Å². The normalized spacial score (nSPS) is 24.8. The third-order valence-corrected chi connectivity index (χ3v) is 4.51. The van der Waals surface area contributed by atoms with Crippen molar-refractivity contribution >= 4 is 27.5 Å². The molecule has 0 saturated carbocycles. The minimum Gasteiger partial charge on any atom is -0.297 e. The van der Waals surface area contributed by atoms with Gasteiger partial charge in [0.2, 0.25) is 0 Å². The largest absolute Gasteiger partial charge is 0.297 e. The van der Waals surface area contributed by atoms with Crippen LogP contribution in [0.5, 0.6) is 0 Å². The molecule has 1 aliphatic heterocycles. The molecule has 2 aromatic carbocycles. The predicted molar refractivity (Wildman–Crippen MR) is 78.7 cm³/mol. The molecular weight excluding hydrogens is 348 g/mol. The van der Waals surface area contributed by atoms with Crippen LogP contribution in [-0.2, 0) is 5.54 Å². The van der Waals surface area contributed by atoms with E-state index in [4.69, 9.17) is 11.6 Å². The Kier molecular flexibility index (Phi) is 3.35. The van der Waals surface area contributed by atoms with E-state index < -0.39 is 11.4 Å². The van der Waals surface area contributed by atoms with Crippen LogP contribution in [0.2, 0.25) is 5.02 Å². The molecule has 1 nitrogen and oxygen atoms in total. The third kappa shape index (κ3) is 2.26. The van der Waals surface area contributed by atoms with Crippen LogP contribution in [0.15, 0.2) is 40.9 Å². The van der Waals surface area contributed by atoms with Gasteiger partial charge >= 0.3 is 0 Å². The van der Waals surface area contributed by atoms with Crippen molar-refractivity contribution in [3.05, 3.63) is 68.7 Å². The topological polar surface area (TPSA) is 21.9 Å². The maximum absolute atomic E-state index is 14.1. The maximum Gasteiger partial charge on any atom is 0.142 e. The molecular formula is C15H11BrClF2N. The Morgan fingerprint density at radius 1 is 1.15 bits per heavy atom. The van der Waals surface area contributed by atoms with Gasteiger partial charge in [0.05, 0.1) is 16.6 Å². The zero-order chi connectivity index (χ0) is 14.5. The summed E-state index contributed by atoms with van der Waals surface area (Å²) in [5, 5.41) is 3.31. The molecule has 0 unspecified atom stereocenters. The van der Waals surface area contributed by atoms with Crippen molar-refractivity contribution in [1.29, 1.82) is 0 Å². The van der Waals surface area contributed by atoms with Gasteiger partial charge in [-0.2, -0.15) is 0 Å². The second-order valence-electron chi connectivity index (χ2n) is 5.08. The fourth-order valence-electron chi connectivity index (χ4n) is 2.51. The molecule has 20 heavy (non-hydrogen) atoms. The Hall–Kier alpha value is -0.970. The lowest BCUT2D eigenvalue weighted by atomic mass is 9.93. The van der Waals surface area contributed by atoms with E-state index in [2.05, 4.69) is 21.2 Å². The van der Waals surface area contributed by atoms with Crippen LogP contribution in [0.25, 0.3) is 0 Å². The molecule has 1 aliphatic rings. The predicted octanol–water partition coefficient (Wildman–Crippen LogP) is 4.94. The van der Waals surface area contributed by atoms with Crippen LogP contribution >= 0.6 is 27.5 Å². The summed E-state index contributed by atoms with van der Waals surface area (Å²) in [4.78, 5) is 0. The average Bonchev–Trinajstić information content (AvgIpc) is 3.06. The summed E-state index contributed by atoms with van der Waals surface area (Å²) in [5.74, 6) is -0.747. The van der Waals surface area contributed by atoms with Gasteiger partial charge < -0.3 is 0 Å². The van der Waals surface area contributed by atoms with Crippen LogP contribution in [0.4, 0.5) is 8.78 Å². The van der Waals surface area contributed by atoms with Crippen LogP contribution in [0.1, 0.15) is 24.1 Å². The van der Waals surface area contributed by atoms with Gasteiger partial charge in [-0.1, -0.05) is 39.7 Å². The second kappa shape index (κ2) is 4.79. The minimum absolute atomic E-state index is 0.0888. The van der Waals surface area contributed by atoms with Gasteiger partial charge in [-0.05, 0) is 36.8 Å². The molecule has 1 N–H and O–H groups in total. The van der Waals surface area contributed by atoms with Gasteiger partial charge in [0.1, 0.15) is 11.6 Å². The van der Waals surface area contributed by atoms with Crippen molar-refractivity contribution in [3.8, 4) is 0 Å². The highest BCUT2D eigenvalue weighted by Gasteiger charge is 2.52. The standard InChI is InChI=1S/C15H11BrClF2N/c1-15(10-4-3-9(16)7-12(10)18)14(20-15)8-2-5-11(17)13(19)6-8/h2-7,14,20H,1H3/t14-,15-/m1/s1. The van der Waals surface area contributed by atoms with E-state index in [1.807, 2.05) is 6.92 Å². The van der Waals surface area contributed by atoms with Crippen molar-refractivity contribution in [1.82, 2.24) is 5.32 Å². The molecule has 0 spiro atoms. The highest BCUT2D eigenvalue weighted by Crippen LogP contribution is 2.49. The fourth-order valence-corrected chi connectivity index (χ4v) is 2.96. The first kappa shape index (κ1) is 14.0. The molecule has 0 amide bonds. The first-order valence-electron chi connectivity index (χ1n) is 6.10. The van der Waals surface area contributed by atoms with Crippen LogP contribution in [-0.4, -0.2) is 0 Å². The summed E-state index contributed by atoms with van der Waals surface area (Å²) in [5.41, 5.74) is 0.809. The molecule has 1 fully saturated rings. The summed E-state index contributed by atoms with van der Waals surface area (Å²) < 4.78 is 28.3. The van der Waals surface area contributed by atoms with E-state index in [1.165, 1.54) is 18.2 Å². The molecule has 3 rings (SSSR count). The zero-order valence-corrected chi connectivity index (χ0v) is 12.9. The summed E-state index contributed by atoms with van der Waals surface area (Å²) in [6.07, 6.45) is 0. The van der Waals surface area contributed by atoms with Crippen LogP contribution in [0.3, 0.4) is 0 Å². The number of hydrogen-bond donors (Lipinski definition) is 1. The van der Waals surface area contributed by atoms with Crippen LogP contribution in [0, 0.1) is 11.6 Å². The minimum atomic E-state index is -0.523. The highest BCUT2D eigenvalue weighted by atomic mass is 79.9. The van der Waals surface area contributed by atoms with Gasteiger partial charge in [-0.3, -0.25) is 5.32 Å². The monoisotopic (exact) mass is 357 g/mol. The molecule has 0 aromatic heterocycles. The molecule has 2 atom stereocenters. The first-order valence-corrected chi connectivity index (χ1v) is 7.27. The number of hydrogen-bond acceptors (Lipinski definition) is 1. The lowest BCUT2D eigenvalue weighted by molar-refractivity contribution is 0.575. The molecule has 104 valence electrons. The Labute approximate surface area is 129 Å². The van der Waals surface area contributed by atoms with Crippen LogP contribution < -0.4 is 5.32 Å². The summed E-state index contributed by atoms with van der Waals surface area (Å²) in [7, 11) is 0. The second-order valence-corrected chi connectivity index (χ2v) is 6.40. The molecule has 1 heterocycles. The lowest BCUT2D eigenvalue weighted by Gasteiger charge is -2.11. The molecule has 0 radical (unpaired) electrons. The Balaban J connectivity index is 1.94. The van der Waals surface area contributed by atoms with Crippen molar-refractivity contribution in [2.45, 2.75) is 18.5 Å². The van der Waals surface area contributed by atoms with Gasteiger partial charge in [0.15, 0.2) is 0 Å². The summed E-state index contributed by atoms with van der Waals surface area (Å²) >= 11 is 8.91. The maximum atomic E-state index is 14.1. The van der Waals surface area contributed by atoms with Crippen molar-refractivity contribution in [3.63, 3.8) is 0 Å². The van der Waals surface area contributed by atoms with Crippen molar-refractivity contribution in [2.75, 3.05) is 0 Å². The summed E-state index contributed by atoms with van der Waals surface area (Å²) in [6.45, 7) is 1.90. The Morgan fingerprint density at radius 2 is 1.90 bits per heavy atom. The Morgan fingerprint density at radius 3 is 2.55 bits per heavy atom. The third-order valence-electron chi connectivity index (χ3n) is 3.71.